The average Bonchev–Trinajstić information content (AvgIpc) is 2.66. The minimum absolute atomic E-state index is 0.0767. The summed E-state index contributed by atoms with van der Waals surface area (Å²) in [6.07, 6.45) is 0. The zero-order valence-electron chi connectivity index (χ0n) is 15.5. The first-order valence-electron chi connectivity index (χ1n) is 8.60. The summed E-state index contributed by atoms with van der Waals surface area (Å²) >= 11 is 0. The van der Waals surface area contributed by atoms with E-state index in [-0.39, 0.29) is 4.90 Å². The molecular weight excluding hydrogens is 358 g/mol. The van der Waals surface area contributed by atoms with E-state index in [0.29, 0.717) is 11.3 Å². The number of rotatable bonds is 4. The quantitative estimate of drug-likeness (QED) is 0.663. The molecule has 0 saturated carbocycles. The second kappa shape index (κ2) is 7.37. The minimum Gasteiger partial charge on any atom is -0.268 e. The van der Waals surface area contributed by atoms with Crippen LogP contribution in [0, 0.1) is 20.8 Å². The third-order valence-electron chi connectivity index (χ3n) is 4.64. The highest BCUT2D eigenvalue weighted by Crippen LogP contribution is 2.30. The maximum atomic E-state index is 13.4. The van der Waals surface area contributed by atoms with Gasteiger partial charge in [0, 0.05) is 5.56 Å². The van der Waals surface area contributed by atoms with Crippen molar-refractivity contribution >= 4 is 21.6 Å². The van der Waals surface area contributed by atoms with Gasteiger partial charge in [-0.15, -0.1) is 0 Å². The van der Waals surface area contributed by atoms with Crippen molar-refractivity contribution in [3.8, 4) is 0 Å². The fraction of sp³-hybridized carbons (Fsp3) is 0.136. The lowest BCUT2D eigenvalue weighted by Gasteiger charge is -2.25. The van der Waals surface area contributed by atoms with E-state index in [4.69, 9.17) is 0 Å². The Bertz CT molecular complexity index is 1090. The Morgan fingerprint density at radius 2 is 1.33 bits per heavy atom. The van der Waals surface area contributed by atoms with Crippen molar-refractivity contribution in [1.82, 2.24) is 0 Å². The Morgan fingerprint density at radius 3 is 2.00 bits per heavy atom. The predicted molar refractivity (Wildman–Crippen MR) is 108 cm³/mol. The highest BCUT2D eigenvalue weighted by molar-refractivity contribution is 7.93. The first-order chi connectivity index (χ1) is 12.8. The van der Waals surface area contributed by atoms with E-state index in [1.54, 1.807) is 55.5 Å². The van der Waals surface area contributed by atoms with E-state index < -0.39 is 15.9 Å². The Balaban J connectivity index is 2.26. The van der Waals surface area contributed by atoms with Crippen molar-refractivity contribution in [2.75, 3.05) is 4.31 Å². The van der Waals surface area contributed by atoms with Crippen LogP contribution in [0.3, 0.4) is 0 Å². The zero-order valence-corrected chi connectivity index (χ0v) is 16.3. The van der Waals surface area contributed by atoms with Gasteiger partial charge in [-0.25, -0.2) is 8.42 Å². The maximum absolute atomic E-state index is 13.4. The molecule has 138 valence electrons. The molecule has 0 N–H and O–H groups in total. The van der Waals surface area contributed by atoms with Gasteiger partial charge < -0.3 is 0 Å². The molecule has 0 atom stereocenters. The van der Waals surface area contributed by atoms with Gasteiger partial charge in [-0.3, -0.25) is 4.79 Å². The summed E-state index contributed by atoms with van der Waals surface area (Å²) in [5.41, 5.74) is 3.11. The van der Waals surface area contributed by atoms with Crippen molar-refractivity contribution < 1.29 is 13.2 Å². The summed E-state index contributed by atoms with van der Waals surface area (Å²) in [5, 5.41) is 0. The molecule has 0 fully saturated rings. The van der Waals surface area contributed by atoms with Gasteiger partial charge in [0.2, 0.25) is 0 Å². The summed E-state index contributed by atoms with van der Waals surface area (Å²) in [4.78, 5) is 13.5. The lowest BCUT2D eigenvalue weighted by atomic mass is 10.1. The number of anilines is 1. The molecule has 4 nitrogen and oxygen atoms in total. The Hall–Kier alpha value is -2.92. The van der Waals surface area contributed by atoms with Crippen LogP contribution >= 0.6 is 0 Å². The predicted octanol–water partition coefficient (Wildman–Crippen LogP) is 4.65. The Morgan fingerprint density at radius 1 is 0.741 bits per heavy atom. The monoisotopic (exact) mass is 379 g/mol. The average molecular weight is 379 g/mol. The largest absolute Gasteiger partial charge is 0.272 e. The third-order valence-corrected chi connectivity index (χ3v) is 6.35. The van der Waals surface area contributed by atoms with Crippen molar-refractivity contribution in [3.63, 3.8) is 0 Å². The van der Waals surface area contributed by atoms with Crippen LogP contribution in [0.1, 0.15) is 27.0 Å². The minimum atomic E-state index is -4.07. The van der Waals surface area contributed by atoms with Crippen LogP contribution < -0.4 is 4.31 Å². The number of amides is 1. The summed E-state index contributed by atoms with van der Waals surface area (Å²) in [6.45, 7) is 5.51. The molecule has 0 bridgehead atoms. The van der Waals surface area contributed by atoms with Crippen LogP contribution in [-0.2, 0) is 10.0 Å². The lowest BCUT2D eigenvalue weighted by Crippen LogP contribution is -2.38. The van der Waals surface area contributed by atoms with Crippen molar-refractivity contribution in [2.45, 2.75) is 25.7 Å². The number of hydrogen-bond donors (Lipinski definition) is 0. The molecule has 0 aromatic heterocycles. The fourth-order valence-electron chi connectivity index (χ4n) is 2.92. The Kier molecular flexibility index (Phi) is 5.15. The number of hydrogen-bond acceptors (Lipinski definition) is 3. The molecule has 0 saturated heterocycles. The van der Waals surface area contributed by atoms with E-state index in [2.05, 4.69) is 0 Å². The standard InChI is InChI=1S/C22H21NO3S/c1-16-11-9-15-21(18(16)3)23(22(24)20-14-8-7-10-17(20)2)27(25,26)19-12-5-4-6-13-19/h4-15H,1-3H3. The number of carbonyl (C=O) groups is 1. The molecule has 0 heterocycles. The number of nitrogens with zero attached hydrogens (tertiary/aromatic N) is 1. The van der Waals surface area contributed by atoms with Crippen LogP contribution in [0.4, 0.5) is 5.69 Å². The van der Waals surface area contributed by atoms with Crippen LogP contribution in [0.15, 0.2) is 77.7 Å². The molecule has 1 amide bonds. The molecule has 0 spiro atoms. The van der Waals surface area contributed by atoms with E-state index in [1.165, 1.54) is 12.1 Å². The maximum Gasteiger partial charge on any atom is 0.272 e. The number of carbonyl (C=O) groups excluding carboxylic acids is 1. The zero-order chi connectivity index (χ0) is 19.6. The second-order valence-corrected chi connectivity index (χ2v) is 8.21. The second-order valence-electron chi connectivity index (χ2n) is 6.42. The number of benzene rings is 3. The fourth-order valence-corrected chi connectivity index (χ4v) is 4.41. The summed E-state index contributed by atoms with van der Waals surface area (Å²) in [7, 11) is -4.07. The first kappa shape index (κ1) is 18.9. The molecule has 3 aromatic carbocycles. The molecule has 3 aromatic rings. The van der Waals surface area contributed by atoms with Gasteiger partial charge in [0.1, 0.15) is 0 Å². The van der Waals surface area contributed by atoms with Crippen LogP contribution in [0.5, 0.6) is 0 Å². The molecule has 0 aliphatic heterocycles. The van der Waals surface area contributed by atoms with E-state index in [1.807, 2.05) is 26.0 Å². The van der Waals surface area contributed by atoms with E-state index in [9.17, 15) is 13.2 Å². The van der Waals surface area contributed by atoms with Crippen molar-refractivity contribution in [3.05, 3.63) is 95.1 Å². The molecule has 5 heteroatoms. The topological polar surface area (TPSA) is 54.5 Å². The number of sulfonamides is 1. The SMILES string of the molecule is Cc1ccccc1C(=O)N(c1cccc(C)c1C)S(=O)(=O)c1ccccc1. The molecule has 0 aliphatic rings. The molecule has 3 rings (SSSR count). The van der Waals surface area contributed by atoms with Crippen LogP contribution in [0.25, 0.3) is 0 Å². The van der Waals surface area contributed by atoms with Crippen molar-refractivity contribution in [2.24, 2.45) is 0 Å². The van der Waals surface area contributed by atoms with Crippen molar-refractivity contribution in [1.29, 1.82) is 0 Å². The van der Waals surface area contributed by atoms with Gasteiger partial charge in [-0.2, -0.15) is 4.31 Å². The molecule has 27 heavy (non-hydrogen) atoms. The van der Waals surface area contributed by atoms with Gasteiger partial charge >= 0.3 is 0 Å². The van der Waals surface area contributed by atoms with Crippen LogP contribution in [-0.4, -0.2) is 14.3 Å². The summed E-state index contributed by atoms with van der Waals surface area (Å²) in [6, 6.07) is 20.3. The van der Waals surface area contributed by atoms with Crippen LogP contribution in [0.2, 0.25) is 0 Å². The smallest absolute Gasteiger partial charge is 0.268 e. The summed E-state index contributed by atoms with van der Waals surface area (Å²) < 4.78 is 27.8. The molecular formula is C22H21NO3S. The Labute approximate surface area is 160 Å². The molecule has 0 radical (unpaired) electrons. The number of aryl methyl sites for hydroxylation is 2. The normalized spacial score (nSPS) is 11.2. The highest BCUT2D eigenvalue weighted by atomic mass is 32.2. The lowest BCUT2D eigenvalue weighted by molar-refractivity contribution is 0.100. The highest BCUT2D eigenvalue weighted by Gasteiger charge is 2.33. The first-order valence-corrected chi connectivity index (χ1v) is 10.0. The van der Waals surface area contributed by atoms with Gasteiger partial charge in [0.15, 0.2) is 0 Å². The molecule has 0 unspecified atom stereocenters. The van der Waals surface area contributed by atoms with Gasteiger partial charge in [0.25, 0.3) is 15.9 Å². The van der Waals surface area contributed by atoms with E-state index in [0.717, 1.165) is 21.0 Å². The van der Waals surface area contributed by atoms with E-state index >= 15 is 0 Å². The van der Waals surface area contributed by atoms with Gasteiger partial charge in [-0.05, 0) is 61.7 Å². The summed E-state index contributed by atoms with van der Waals surface area (Å²) in [5.74, 6) is -0.564. The third kappa shape index (κ3) is 3.51. The molecule has 0 aliphatic carbocycles. The van der Waals surface area contributed by atoms with Gasteiger partial charge in [0.05, 0.1) is 10.6 Å². The van der Waals surface area contributed by atoms with Gasteiger partial charge in [-0.1, -0.05) is 48.5 Å².